The van der Waals surface area contributed by atoms with Crippen LogP contribution >= 0.6 is 11.6 Å². The van der Waals surface area contributed by atoms with Gasteiger partial charge in [0.25, 0.3) is 5.91 Å². The predicted octanol–water partition coefficient (Wildman–Crippen LogP) is 3.88. The first-order chi connectivity index (χ1) is 15.9. The van der Waals surface area contributed by atoms with Crippen LogP contribution in [0, 0.1) is 17.1 Å². The second-order valence-electron chi connectivity index (χ2n) is 7.63. The zero-order valence-corrected chi connectivity index (χ0v) is 18.0. The summed E-state index contributed by atoms with van der Waals surface area (Å²) in [5.41, 5.74) is 0.489. The van der Waals surface area contributed by atoms with E-state index in [0.29, 0.717) is 11.5 Å². The highest BCUT2D eigenvalue weighted by Crippen LogP contribution is 2.28. The lowest BCUT2D eigenvalue weighted by molar-refractivity contribution is 0.0609. The number of H-pyrrole nitrogens is 1. The average molecular weight is 468 g/mol. The van der Waals surface area contributed by atoms with Gasteiger partial charge in [-0.3, -0.25) is 9.89 Å². The summed E-state index contributed by atoms with van der Waals surface area (Å²) in [5, 5.41) is 24.4. The molecular weight excluding hydrogens is 449 g/mol. The quantitative estimate of drug-likeness (QED) is 0.437. The molecule has 1 saturated heterocycles. The van der Waals surface area contributed by atoms with Crippen LogP contribution in [0.4, 0.5) is 26.4 Å². The van der Waals surface area contributed by atoms with E-state index in [1.807, 2.05) is 30.3 Å². The van der Waals surface area contributed by atoms with Crippen molar-refractivity contribution in [3.05, 3.63) is 71.1 Å². The van der Waals surface area contributed by atoms with Gasteiger partial charge in [-0.1, -0.05) is 29.8 Å². The Hall–Kier alpha value is -4.10. The maximum absolute atomic E-state index is 13.3. The summed E-state index contributed by atoms with van der Waals surface area (Å²) in [6.07, 6.45) is 1.41. The Bertz CT molecular complexity index is 1220. The van der Waals surface area contributed by atoms with Gasteiger partial charge >= 0.3 is 6.03 Å². The van der Waals surface area contributed by atoms with Gasteiger partial charge in [-0.2, -0.15) is 10.4 Å². The summed E-state index contributed by atoms with van der Waals surface area (Å²) in [7, 11) is 0. The normalized spacial score (nSPS) is 14.0. The summed E-state index contributed by atoms with van der Waals surface area (Å²) in [5.74, 6) is -0.606. The van der Waals surface area contributed by atoms with Gasteiger partial charge in [0.05, 0.1) is 29.2 Å². The average Bonchev–Trinajstić information content (AvgIpc) is 3.23. The number of urea groups is 1. The van der Waals surface area contributed by atoms with Crippen LogP contribution in [0.3, 0.4) is 0 Å². The number of anilines is 3. The maximum atomic E-state index is 13.3. The molecule has 2 aromatic carbocycles. The van der Waals surface area contributed by atoms with E-state index in [-0.39, 0.29) is 30.1 Å². The monoisotopic (exact) mass is 467 g/mol. The van der Waals surface area contributed by atoms with Crippen molar-refractivity contribution in [3.63, 3.8) is 0 Å². The number of rotatable bonds is 6. The molecule has 2 heterocycles. The molecule has 3 amide bonds. The standard InChI is InChI=1S/C22H19ClFN7O2/c23-17-10-15(6-7-18(17)24)28-21(33)31-12-22(13-31,8-9-25)29-20(32)16-11-26-30-19(16)27-14-4-2-1-3-5-14/h1-7,10-11H,8,12-13H2,(H,28,33)(H,29,32)(H2,26,27,30). The van der Waals surface area contributed by atoms with Crippen molar-refractivity contribution < 1.29 is 14.0 Å². The Labute approximate surface area is 193 Å². The zero-order valence-electron chi connectivity index (χ0n) is 17.2. The number of aromatic amines is 1. The number of aromatic nitrogens is 2. The minimum Gasteiger partial charge on any atom is -0.342 e. The van der Waals surface area contributed by atoms with Gasteiger partial charge in [0.1, 0.15) is 17.2 Å². The fourth-order valence-corrected chi connectivity index (χ4v) is 3.70. The molecule has 0 radical (unpaired) electrons. The van der Waals surface area contributed by atoms with Crippen molar-refractivity contribution in [1.82, 2.24) is 20.4 Å². The molecule has 0 saturated carbocycles. The van der Waals surface area contributed by atoms with E-state index in [2.05, 4.69) is 32.2 Å². The van der Waals surface area contributed by atoms with Crippen molar-refractivity contribution >= 4 is 40.7 Å². The van der Waals surface area contributed by atoms with Crippen LogP contribution in [-0.2, 0) is 0 Å². The first-order valence-corrected chi connectivity index (χ1v) is 10.3. The summed E-state index contributed by atoms with van der Waals surface area (Å²) < 4.78 is 13.3. The van der Waals surface area contributed by atoms with Gasteiger partial charge in [-0.25, -0.2) is 9.18 Å². The zero-order chi connectivity index (χ0) is 23.4. The third-order valence-corrected chi connectivity index (χ3v) is 5.46. The summed E-state index contributed by atoms with van der Waals surface area (Å²) in [6, 6.07) is 14.7. The molecule has 0 aliphatic carbocycles. The number of amides is 3. The maximum Gasteiger partial charge on any atom is 0.322 e. The number of nitrogens with zero attached hydrogens (tertiary/aromatic N) is 3. The molecule has 4 N–H and O–H groups in total. The predicted molar refractivity (Wildman–Crippen MR) is 121 cm³/mol. The van der Waals surface area contributed by atoms with Crippen molar-refractivity contribution in [1.29, 1.82) is 5.26 Å². The van der Waals surface area contributed by atoms with Gasteiger partial charge in [-0.05, 0) is 30.3 Å². The van der Waals surface area contributed by atoms with Crippen molar-refractivity contribution in [3.8, 4) is 6.07 Å². The molecule has 168 valence electrons. The number of nitrogens with one attached hydrogen (secondary N) is 4. The minimum atomic E-state index is -0.898. The molecule has 1 aliphatic heterocycles. The van der Waals surface area contributed by atoms with E-state index in [4.69, 9.17) is 11.6 Å². The number of halogens is 2. The van der Waals surface area contributed by atoms with Gasteiger partial charge in [0, 0.05) is 24.5 Å². The van der Waals surface area contributed by atoms with Crippen LogP contribution in [0.15, 0.2) is 54.7 Å². The first-order valence-electron chi connectivity index (χ1n) is 9.95. The molecule has 4 rings (SSSR count). The van der Waals surface area contributed by atoms with Crippen molar-refractivity contribution in [2.75, 3.05) is 23.7 Å². The van der Waals surface area contributed by atoms with Gasteiger partial charge < -0.3 is 20.9 Å². The van der Waals surface area contributed by atoms with E-state index in [1.54, 1.807) is 0 Å². The molecule has 1 aliphatic rings. The molecular formula is C22H19ClFN7O2. The summed E-state index contributed by atoms with van der Waals surface area (Å²) >= 11 is 5.74. The molecule has 9 nitrogen and oxygen atoms in total. The van der Waals surface area contributed by atoms with Gasteiger partial charge in [-0.15, -0.1) is 0 Å². The second-order valence-corrected chi connectivity index (χ2v) is 8.04. The van der Waals surface area contributed by atoms with E-state index in [9.17, 15) is 19.2 Å². The van der Waals surface area contributed by atoms with Crippen LogP contribution in [0.1, 0.15) is 16.8 Å². The fraction of sp³-hybridized carbons (Fsp3) is 0.182. The molecule has 11 heteroatoms. The number of carbonyl (C=O) groups excluding carboxylic acids is 2. The Morgan fingerprint density at radius 2 is 1.97 bits per heavy atom. The van der Waals surface area contributed by atoms with Crippen LogP contribution < -0.4 is 16.0 Å². The highest BCUT2D eigenvalue weighted by molar-refractivity contribution is 6.31. The number of nitriles is 1. The molecule has 0 spiro atoms. The molecule has 1 aromatic heterocycles. The van der Waals surface area contributed by atoms with Crippen LogP contribution in [0.25, 0.3) is 0 Å². The smallest absolute Gasteiger partial charge is 0.322 e. The third kappa shape index (κ3) is 4.88. The summed E-state index contributed by atoms with van der Waals surface area (Å²) in [4.78, 5) is 26.9. The van der Waals surface area contributed by atoms with E-state index in [0.717, 1.165) is 11.8 Å². The fourth-order valence-electron chi connectivity index (χ4n) is 3.52. The lowest BCUT2D eigenvalue weighted by Crippen LogP contribution is -2.71. The Kier molecular flexibility index (Phi) is 6.15. The lowest BCUT2D eigenvalue weighted by atomic mass is 9.86. The topological polar surface area (TPSA) is 126 Å². The van der Waals surface area contributed by atoms with E-state index < -0.39 is 23.3 Å². The number of carbonyl (C=O) groups is 2. The molecule has 0 bridgehead atoms. The molecule has 33 heavy (non-hydrogen) atoms. The SMILES string of the molecule is N#CCC1(NC(=O)c2cn[nH]c2Nc2ccccc2)CN(C(=O)Nc2ccc(F)c(Cl)c2)C1. The highest BCUT2D eigenvalue weighted by atomic mass is 35.5. The van der Waals surface area contributed by atoms with Crippen molar-refractivity contribution in [2.45, 2.75) is 12.0 Å². The lowest BCUT2D eigenvalue weighted by Gasteiger charge is -2.49. The van der Waals surface area contributed by atoms with Crippen LogP contribution in [-0.4, -0.2) is 45.7 Å². The molecule has 0 unspecified atom stereocenters. The second kappa shape index (κ2) is 9.18. The largest absolute Gasteiger partial charge is 0.342 e. The van der Waals surface area contributed by atoms with Crippen LogP contribution in [0.2, 0.25) is 5.02 Å². The molecule has 0 atom stereocenters. The van der Waals surface area contributed by atoms with Gasteiger partial charge in [0.2, 0.25) is 0 Å². The minimum absolute atomic E-state index is 0.0181. The third-order valence-electron chi connectivity index (χ3n) is 5.17. The summed E-state index contributed by atoms with van der Waals surface area (Å²) in [6.45, 7) is 0.263. The van der Waals surface area contributed by atoms with Gasteiger partial charge in [0.15, 0.2) is 0 Å². The number of hydrogen-bond acceptors (Lipinski definition) is 5. The Morgan fingerprint density at radius 1 is 1.21 bits per heavy atom. The molecule has 1 fully saturated rings. The number of benzene rings is 2. The number of para-hydroxylation sites is 1. The van der Waals surface area contributed by atoms with Crippen molar-refractivity contribution in [2.24, 2.45) is 0 Å². The number of likely N-dealkylation sites (tertiary alicyclic amines) is 1. The number of hydrogen-bond donors (Lipinski definition) is 4. The Morgan fingerprint density at radius 3 is 2.67 bits per heavy atom. The molecule has 3 aromatic rings. The highest BCUT2D eigenvalue weighted by Gasteiger charge is 2.46. The Balaban J connectivity index is 1.40. The van der Waals surface area contributed by atoms with Crippen LogP contribution in [0.5, 0.6) is 0 Å². The van der Waals surface area contributed by atoms with E-state index >= 15 is 0 Å². The first kappa shape index (κ1) is 22.1. The van der Waals surface area contributed by atoms with E-state index in [1.165, 1.54) is 23.2 Å².